The summed E-state index contributed by atoms with van der Waals surface area (Å²) in [4.78, 5) is 24.6. The van der Waals surface area contributed by atoms with Crippen molar-refractivity contribution in [3.05, 3.63) is 144 Å². The lowest BCUT2D eigenvalue weighted by Crippen LogP contribution is -2.32. The molecular formula is C35H31N7O. The van der Waals surface area contributed by atoms with Gasteiger partial charge in [-0.25, -0.2) is 0 Å². The van der Waals surface area contributed by atoms with E-state index in [-0.39, 0.29) is 5.91 Å². The first kappa shape index (κ1) is 26.4. The number of benzene rings is 3. The van der Waals surface area contributed by atoms with Gasteiger partial charge >= 0.3 is 0 Å². The topological polar surface area (TPSA) is 104 Å². The Hall–Kier alpha value is -5.50. The first-order chi connectivity index (χ1) is 21.2. The average molecular weight is 566 g/mol. The van der Waals surface area contributed by atoms with Crippen LogP contribution in [-0.4, -0.2) is 35.6 Å². The summed E-state index contributed by atoms with van der Waals surface area (Å²) < 4.78 is 2.10. The smallest absolute Gasteiger partial charge is 0.270 e. The lowest BCUT2D eigenvalue weighted by Gasteiger charge is -2.20. The SMILES string of the molecule is CCc1ccc(-n2c(CCc3c[nH]c4ccccc34)nnc2[C@H](NC(=O)c2ccccn2)c2c[nH]c3ccccc23)cc1. The van der Waals surface area contributed by atoms with Crippen LogP contribution in [0.2, 0.25) is 0 Å². The number of pyridine rings is 1. The van der Waals surface area contributed by atoms with Gasteiger partial charge in [-0.15, -0.1) is 10.2 Å². The number of nitrogens with zero attached hydrogens (tertiary/aromatic N) is 4. The highest BCUT2D eigenvalue weighted by Crippen LogP contribution is 2.31. The zero-order valence-electron chi connectivity index (χ0n) is 23.8. The molecule has 0 aliphatic heterocycles. The van der Waals surface area contributed by atoms with Crippen molar-refractivity contribution in [2.75, 3.05) is 0 Å². The second-order valence-corrected chi connectivity index (χ2v) is 10.6. The molecule has 212 valence electrons. The molecule has 0 bridgehead atoms. The van der Waals surface area contributed by atoms with Crippen molar-refractivity contribution in [1.82, 2.24) is 35.0 Å². The monoisotopic (exact) mass is 565 g/mol. The molecule has 0 aliphatic rings. The van der Waals surface area contributed by atoms with E-state index in [2.05, 4.69) is 86.5 Å². The van der Waals surface area contributed by atoms with Crippen LogP contribution in [0.4, 0.5) is 0 Å². The lowest BCUT2D eigenvalue weighted by molar-refractivity contribution is 0.0936. The number of amides is 1. The van der Waals surface area contributed by atoms with Gasteiger partial charge < -0.3 is 15.3 Å². The van der Waals surface area contributed by atoms with Gasteiger partial charge in [0, 0.05) is 58.1 Å². The number of hydrogen-bond acceptors (Lipinski definition) is 4. The lowest BCUT2D eigenvalue weighted by atomic mass is 10.0. The van der Waals surface area contributed by atoms with Gasteiger partial charge in [0.15, 0.2) is 5.82 Å². The summed E-state index contributed by atoms with van der Waals surface area (Å²) in [7, 11) is 0. The van der Waals surface area contributed by atoms with Crippen LogP contribution < -0.4 is 5.32 Å². The van der Waals surface area contributed by atoms with E-state index >= 15 is 0 Å². The van der Waals surface area contributed by atoms with Crippen LogP contribution in [0, 0.1) is 0 Å². The van der Waals surface area contributed by atoms with Crippen molar-refractivity contribution < 1.29 is 4.79 Å². The van der Waals surface area contributed by atoms with E-state index in [9.17, 15) is 4.79 Å². The maximum atomic E-state index is 13.6. The van der Waals surface area contributed by atoms with E-state index < -0.39 is 6.04 Å². The summed E-state index contributed by atoms with van der Waals surface area (Å²) >= 11 is 0. The molecule has 0 saturated heterocycles. The maximum absolute atomic E-state index is 13.6. The van der Waals surface area contributed by atoms with Crippen LogP contribution in [0.3, 0.4) is 0 Å². The number of fused-ring (bicyclic) bond motifs is 2. The van der Waals surface area contributed by atoms with E-state index in [0.29, 0.717) is 17.9 Å². The van der Waals surface area contributed by atoms with Crippen molar-refractivity contribution in [3.63, 3.8) is 0 Å². The molecule has 4 heterocycles. The number of nitrogens with one attached hydrogen (secondary N) is 3. The predicted molar refractivity (Wildman–Crippen MR) is 168 cm³/mol. The highest BCUT2D eigenvalue weighted by Gasteiger charge is 2.28. The summed E-state index contributed by atoms with van der Waals surface area (Å²) in [6.45, 7) is 2.14. The normalized spacial score (nSPS) is 12.1. The third kappa shape index (κ3) is 5.08. The van der Waals surface area contributed by atoms with Gasteiger partial charge in [-0.3, -0.25) is 14.3 Å². The molecule has 0 radical (unpaired) electrons. The minimum absolute atomic E-state index is 0.285. The van der Waals surface area contributed by atoms with Crippen LogP contribution in [0.25, 0.3) is 27.5 Å². The fraction of sp³-hybridized carbons (Fsp3) is 0.143. The molecule has 3 aromatic carbocycles. The third-order valence-electron chi connectivity index (χ3n) is 8.01. The van der Waals surface area contributed by atoms with Gasteiger partial charge in [-0.2, -0.15) is 0 Å². The number of rotatable bonds is 9. The summed E-state index contributed by atoms with van der Waals surface area (Å²) in [5.41, 5.74) is 6.76. The van der Waals surface area contributed by atoms with Crippen molar-refractivity contribution in [1.29, 1.82) is 0 Å². The minimum Gasteiger partial charge on any atom is -0.361 e. The number of carbonyl (C=O) groups is 1. The van der Waals surface area contributed by atoms with Crippen molar-refractivity contribution in [2.24, 2.45) is 0 Å². The van der Waals surface area contributed by atoms with Gasteiger partial charge in [0.2, 0.25) is 0 Å². The van der Waals surface area contributed by atoms with E-state index in [1.165, 1.54) is 16.5 Å². The molecule has 0 spiro atoms. The van der Waals surface area contributed by atoms with Crippen molar-refractivity contribution in [2.45, 2.75) is 32.2 Å². The zero-order valence-corrected chi connectivity index (χ0v) is 23.8. The second kappa shape index (κ2) is 11.4. The maximum Gasteiger partial charge on any atom is 0.270 e. The number of aromatic amines is 2. The van der Waals surface area contributed by atoms with Crippen LogP contribution >= 0.6 is 0 Å². The molecule has 1 atom stereocenters. The van der Waals surface area contributed by atoms with E-state index in [1.807, 2.05) is 36.5 Å². The van der Waals surface area contributed by atoms with Gasteiger partial charge in [-0.05, 0) is 60.4 Å². The van der Waals surface area contributed by atoms with Gasteiger partial charge in [0.05, 0.1) is 0 Å². The Balaban J connectivity index is 1.34. The van der Waals surface area contributed by atoms with Crippen molar-refractivity contribution in [3.8, 4) is 5.69 Å². The quantitative estimate of drug-likeness (QED) is 0.186. The fourth-order valence-corrected chi connectivity index (χ4v) is 5.74. The van der Waals surface area contributed by atoms with Crippen LogP contribution in [-0.2, 0) is 19.3 Å². The third-order valence-corrected chi connectivity index (χ3v) is 8.01. The molecule has 3 N–H and O–H groups in total. The fourth-order valence-electron chi connectivity index (χ4n) is 5.74. The Bertz CT molecular complexity index is 2020. The highest BCUT2D eigenvalue weighted by molar-refractivity contribution is 5.93. The molecule has 8 nitrogen and oxygen atoms in total. The molecule has 7 aromatic rings. The molecule has 7 rings (SSSR count). The first-order valence-electron chi connectivity index (χ1n) is 14.6. The molecular weight excluding hydrogens is 534 g/mol. The molecule has 0 fully saturated rings. The molecule has 0 saturated carbocycles. The Morgan fingerprint density at radius 2 is 1.53 bits per heavy atom. The number of para-hydroxylation sites is 2. The number of H-pyrrole nitrogens is 2. The van der Waals surface area contributed by atoms with Crippen LogP contribution in [0.1, 0.15) is 51.8 Å². The van der Waals surface area contributed by atoms with Gasteiger partial charge in [0.1, 0.15) is 17.6 Å². The number of aromatic nitrogens is 6. The largest absolute Gasteiger partial charge is 0.361 e. The summed E-state index contributed by atoms with van der Waals surface area (Å²) in [5.74, 6) is 1.17. The summed E-state index contributed by atoms with van der Waals surface area (Å²) in [5, 5.41) is 14.9. The van der Waals surface area contributed by atoms with E-state index in [4.69, 9.17) is 10.2 Å². The van der Waals surface area contributed by atoms with Crippen LogP contribution in [0.5, 0.6) is 0 Å². The van der Waals surface area contributed by atoms with Crippen LogP contribution in [0.15, 0.2) is 110 Å². The zero-order chi connectivity index (χ0) is 29.2. The molecule has 4 aromatic heterocycles. The molecule has 1 amide bonds. The summed E-state index contributed by atoms with van der Waals surface area (Å²) in [6, 6.07) is 29.6. The minimum atomic E-state index is -0.592. The predicted octanol–water partition coefficient (Wildman–Crippen LogP) is 6.49. The Morgan fingerprint density at radius 3 is 2.30 bits per heavy atom. The summed E-state index contributed by atoms with van der Waals surface area (Å²) in [6.07, 6.45) is 8.03. The Labute approximate surface area is 248 Å². The van der Waals surface area contributed by atoms with Gasteiger partial charge in [-0.1, -0.05) is 61.5 Å². The average Bonchev–Trinajstić information content (AvgIpc) is 3.80. The molecule has 0 unspecified atom stereocenters. The Morgan fingerprint density at radius 1 is 0.814 bits per heavy atom. The Kier molecular flexibility index (Phi) is 7.00. The van der Waals surface area contributed by atoms with Crippen molar-refractivity contribution >= 4 is 27.7 Å². The number of aryl methyl sites for hydroxylation is 3. The first-order valence-corrected chi connectivity index (χ1v) is 14.6. The van der Waals surface area contributed by atoms with E-state index in [0.717, 1.165) is 46.3 Å². The van der Waals surface area contributed by atoms with E-state index in [1.54, 1.807) is 18.3 Å². The number of hydrogen-bond donors (Lipinski definition) is 3. The molecule has 43 heavy (non-hydrogen) atoms. The van der Waals surface area contributed by atoms with Gasteiger partial charge in [0.25, 0.3) is 5.91 Å². The standard InChI is InChI=1S/C35H31N7O/c1-2-23-14-17-25(18-15-23)42-32(19-16-24-21-37-29-11-5-3-9-26(24)29)40-41-34(42)33(39-35(43)31-13-7-8-20-36-31)28-22-38-30-12-6-4-10-27(28)30/h3-15,17-18,20-22,33,37-38H,2,16,19H2,1H3,(H,39,43)/t33-/m1/s1. The highest BCUT2D eigenvalue weighted by atomic mass is 16.2. The second-order valence-electron chi connectivity index (χ2n) is 10.6. The molecule has 0 aliphatic carbocycles. The number of carbonyl (C=O) groups excluding carboxylic acids is 1. The molecule has 8 heteroatoms.